The van der Waals surface area contributed by atoms with E-state index in [2.05, 4.69) is 5.32 Å². The molecule has 2 aromatic rings. The monoisotopic (exact) mass is 407 g/mol. The minimum atomic E-state index is -0.791. The van der Waals surface area contributed by atoms with Crippen LogP contribution >= 0.6 is 23.2 Å². The number of hydrogen-bond donors (Lipinski definition) is 1. The Morgan fingerprint density at radius 2 is 1.81 bits per heavy atom. The number of esters is 1. The number of carbonyl (C=O) groups excluding carboxylic acids is 2. The van der Waals surface area contributed by atoms with Gasteiger partial charge in [0.15, 0.2) is 0 Å². The summed E-state index contributed by atoms with van der Waals surface area (Å²) in [5.74, 6) is -0.216. The molecule has 0 radical (unpaired) electrons. The van der Waals surface area contributed by atoms with Gasteiger partial charge in [-0.15, -0.1) is 0 Å². The van der Waals surface area contributed by atoms with Crippen molar-refractivity contribution in [3.63, 3.8) is 0 Å². The molecule has 5 nitrogen and oxygen atoms in total. The summed E-state index contributed by atoms with van der Waals surface area (Å²) in [7, 11) is 1.58. The molecule has 2 rings (SSSR count). The van der Waals surface area contributed by atoms with Gasteiger partial charge >= 0.3 is 5.97 Å². The second kappa shape index (κ2) is 10.00. The summed E-state index contributed by atoms with van der Waals surface area (Å²) in [6.45, 7) is 1.59. The molecular formula is C20H19Cl2NO4. The topological polar surface area (TPSA) is 64.6 Å². The van der Waals surface area contributed by atoms with Crippen LogP contribution in [0.3, 0.4) is 0 Å². The fourth-order valence-electron chi connectivity index (χ4n) is 2.12. The Labute approximate surface area is 167 Å². The predicted octanol–water partition coefficient (Wildman–Crippen LogP) is 4.26. The van der Waals surface area contributed by atoms with Crippen molar-refractivity contribution in [2.75, 3.05) is 7.11 Å². The zero-order chi connectivity index (χ0) is 19.8. The van der Waals surface area contributed by atoms with E-state index in [4.69, 9.17) is 32.7 Å². The second-order valence-corrected chi connectivity index (χ2v) is 6.51. The molecule has 0 saturated carbocycles. The third-order valence-electron chi connectivity index (χ3n) is 3.62. The molecule has 0 aromatic heterocycles. The summed E-state index contributed by atoms with van der Waals surface area (Å²) in [6, 6.07) is 11.4. The molecule has 0 saturated heterocycles. The Hall–Kier alpha value is -2.50. The number of carbonyl (C=O) groups is 2. The first-order valence-corrected chi connectivity index (χ1v) is 8.88. The zero-order valence-electron chi connectivity index (χ0n) is 14.9. The van der Waals surface area contributed by atoms with Crippen molar-refractivity contribution in [3.8, 4) is 5.75 Å². The summed E-state index contributed by atoms with van der Waals surface area (Å²) in [5, 5.41) is 3.37. The summed E-state index contributed by atoms with van der Waals surface area (Å²) in [6.07, 6.45) is 2.99. The minimum absolute atomic E-state index is 0.0393. The van der Waals surface area contributed by atoms with E-state index in [9.17, 15) is 9.59 Å². The fourth-order valence-corrected chi connectivity index (χ4v) is 2.44. The van der Waals surface area contributed by atoms with Crippen molar-refractivity contribution in [2.45, 2.75) is 19.6 Å². The normalized spacial score (nSPS) is 11.9. The minimum Gasteiger partial charge on any atom is -0.497 e. The van der Waals surface area contributed by atoms with E-state index in [1.165, 1.54) is 6.08 Å². The Morgan fingerprint density at radius 1 is 1.11 bits per heavy atom. The van der Waals surface area contributed by atoms with Crippen LogP contribution in [0.15, 0.2) is 48.5 Å². The maximum Gasteiger partial charge on any atom is 0.328 e. The molecule has 0 fully saturated rings. The maximum absolute atomic E-state index is 12.0. The van der Waals surface area contributed by atoms with Gasteiger partial charge in [-0.1, -0.05) is 41.4 Å². The van der Waals surface area contributed by atoms with Crippen LogP contribution in [0, 0.1) is 0 Å². The highest BCUT2D eigenvalue weighted by Crippen LogP contribution is 2.22. The van der Waals surface area contributed by atoms with Gasteiger partial charge < -0.3 is 14.8 Å². The molecule has 0 unspecified atom stereocenters. The number of ether oxygens (including phenoxy) is 2. The van der Waals surface area contributed by atoms with Crippen molar-refractivity contribution >= 4 is 41.2 Å². The van der Waals surface area contributed by atoms with Crippen LogP contribution in [0.2, 0.25) is 10.0 Å². The van der Waals surface area contributed by atoms with Gasteiger partial charge in [0, 0.05) is 6.08 Å². The molecule has 1 N–H and O–H groups in total. The number of benzene rings is 2. The van der Waals surface area contributed by atoms with E-state index < -0.39 is 17.9 Å². The van der Waals surface area contributed by atoms with Gasteiger partial charge in [0.25, 0.3) is 0 Å². The quantitative estimate of drug-likeness (QED) is 0.549. The van der Waals surface area contributed by atoms with Gasteiger partial charge in [0.1, 0.15) is 18.4 Å². The molecule has 0 aliphatic heterocycles. The maximum atomic E-state index is 12.0. The first-order chi connectivity index (χ1) is 12.9. The van der Waals surface area contributed by atoms with Crippen LogP contribution in [0.5, 0.6) is 5.75 Å². The van der Waals surface area contributed by atoms with Gasteiger partial charge in [-0.25, -0.2) is 4.79 Å². The molecule has 7 heteroatoms. The SMILES string of the molecule is COc1ccc(/C=C/C(=O)N[C@@H](C)C(=O)OCc2ccc(Cl)c(Cl)c2)cc1. The smallest absolute Gasteiger partial charge is 0.328 e. The van der Waals surface area contributed by atoms with Crippen molar-refractivity contribution in [2.24, 2.45) is 0 Å². The lowest BCUT2D eigenvalue weighted by Gasteiger charge is -2.12. The van der Waals surface area contributed by atoms with Crippen molar-refractivity contribution in [3.05, 3.63) is 69.7 Å². The fraction of sp³-hybridized carbons (Fsp3) is 0.200. The van der Waals surface area contributed by atoms with E-state index in [0.29, 0.717) is 15.6 Å². The van der Waals surface area contributed by atoms with Gasteiger partial charge in [-0.3, -0.25) is 4.79 Å². The molecular weight excluding hydrogens is 389 g/mol. The number of hydrogen-bond acceptors (Lipinski definition) is 4. The molecule has 0 aliphatic rings. The van der Waals surface area contributed by atoms with Gasteiger partial charge in [-0.2, -0.15) is 0 Å². The van der Waals surface area contributed by atoms with Crippen LogP contribution < -0.4 is 10.1 Å². The molecule has 0 bridgehead atoms. The average molecular weight is 408 g/mol. The Morgan fingerprint density at radius 3 is 2.44 bits per heavy atom. The van der Waals surface area contributed by atoms with E-state index in [0.717, 1.165) is 11.3 Å². The van der Waals surface area contributed by atoms with Crippen LogP contribution in [-0.4, -0.2) is 25.0 Å². The highest BCUT2D eigenvalue weighted by atomic mass is 35.5. The first kappa shape index (κ1) is 20.8. The van der Waals surface area contributed by atoms with E-state index in [1.807, 2.05) is 12.1 Å². The van der Waals surface area contributed by atoms with E-state index in [-0.39, 0.29) is 6.61 Å². The largest absolute Gasteiger partial charge is 0.497 e. The molecule has 1 amide bonds. The third-order valence-corrected chi connectivity index (χ3v) is 4.36. The Bertz CT molecular complexity index is 834. The number of rotatable bonds is 7. The molecule has 0 spiro atoms. The van der Waals surface area contributed by atoms with E-state index in [1.54, 1.807) is 50.4 Å². The number of halogens is 2. The average Bonchev–Trinajstić information content (AvgIpc) is 2.67. The molecule has 1 atom stereocenters. The van der Waals surface area contributed by atoms with Crippen molar-refractivity contribution in [1.82, 2.24) is 5.32 Å². The van der Waals surface area contributed by atoms with Crippen molar-refractivity contribution in [1.29, 1.82) is 0 Å². The van der Waals surface area contributed by atoms with Crippen LogP contribution in [0.1, 0.15) is 18.1 Å². The summed E-state index contributed by atoms with van der Waals surface area (Å²) < 4.78 is 10.3. The Kier molecular flexibility index (Phi) is 7.70. The molecule has 2 aromatic carbocycles. The molecule has 0 heterocycles. The van der Waals surface area contributed by atoms with Gasteiger partial charge in [0.05, 0.1) is 17.2 Å². The lowest BCUT2D eigenvalue weighted by molar-refractivity contribution is -0.148. The summed E-state index contributed by atoms with van der Waals surface area (Å²) >= 11 is 11.8. The van der Waals surface area contributed by atoms with Crippen LogP contribution in [0.4, 0.5) is 0 Å². The summed E-state index contributed by atoms with van der Waals surface area (Å²) in [5.41, 5.74) is 1.54. The predicted molar refractivity (Wildman–Crippen MR) is 106 cm³/mol. The first-order valence-electron chi connectivity index (χ1n) is 8.12. The van der Waals surface area contributed by atoms with Crippen LogP contribution in [0.25, 0.3) is 6.08 Å². The standard InChI is InChI=1S/C20H19Cl2NO4/c1-13(20(25)27-12-15-5-9-17(21)18(22)11-15)23-19(24)10-6-14-3-7-16(26-2)8-4-14/h3-11,13H,12H2,1-2H3,(H,23,24)/b10-6+/t13-/m0/s1. The highest BCUT2D eigenvalue weighted by Gasteiger charge is 2.16. The number of amides is 1. The molecule has 0 aliphatic carbocycles. The van der Waals surface area contributed by atoms with Gasteiger partial charge in [0.2, 0.25) is 5.91 Å². The zero-order valence-corrected chi connectivity index (χ0v) is 16.4. The third kappa shape index (κ3) is 6.62. The van der Waals surface area contributed by atoms with E-state index >= 15 is 0 Å². The lowest BCUT2D eigenvalue weighted by atomic mass is 10.2. The number of nitrogens with one attached hydrogen (secondary N) is 1. The number of methoxy groups -OCH3 is 1. The second-order valence-electron chi connectivity index (χ2n) is 5.69. The Balaban J connectivity index is 1.82. The highest BCUT2D eigenvalue weighted by molar-refractivity contribution is 6.42. The van der Waals surface area contributed by atoms with Crippen LogP contribution in [-0.2, 0) is 20.9 Å². The van der Waals surface area contributed by atoms with Gasteiger partial charge in [-0.05, 0) is 48.4 Å². The summed E-state index contributed by atoms with van der Waals surface area (Å²) in [4.78, 5) is 24.0. The lowest BCUT2D eigenvalue weighted by Crippen LogP contribution is -2.38. The molecule has 142 valence electrons. The van der Waals surface area contributed by atoms with Crippen molar-refractivity contribution < 1.29 is 19.1 Å². The molecule has 27 heavy (non-hydrogen) atoms.